The van der Waals surface area contributed by atoms with Gasteiger partial charge in [-0.15, -0.1) is 0 Å². The Bertz CT molecular complexity index is 328. The molecule has 0 fully saturated rings. The van der Waals surface area contributed by atoms with Gasteiger partial charge in [0.25, 0.3) is 0 Å². The van der Waals surface area contributed by atoms with E-state index < -0.39 is 0 Å². The third-order valence-electron chi connectivity index (χ3n) is 4.55. The maximum Gasteiger partial charge on any atom is 0.305 e. The first-order valence-electron chi connectivity index (χ1n) is 8.27. The summed E-state index contributed by atoms with van der Waals surface area (Å²) in [6.07, 6.45) is 10.8. The minimum atomic E-state index is -0.0126. The molecular weight excluding hydrogens is 248 g/mol. The van der Waals surface area contributed by atoms with Gasteiger partial charge in [0.05, 0.1) is 6.61 Å². The van der Waals surface area contributed by atoms with E-state index in [-0.39, 0.29) is 5.97 Å². The molecule has 1 unspecified atom stereocenters. The van der Waals surface area contributed by atoms with Crippen LogP contribution in [-0.4, -0.2) is 12.6 Å². The van der Waals surface area contributed by atoms with E-state index in [1.165, 1.54) is 24.8 Å². The Morgan fingerprint density at radius 3 is 2.75 bits per heavy atom. The molecule has 0 heterocycles. The number of esters is 1. The van der Waals surface area contributed by atoms with Gasteiger partial charge in [-0.05, 0) is 43.9 Å². The van der Waals surface area contributed by atoms with Crippen LogP contribution in [0.5, 0.6) is 0 Å². The van der Waals surface area contributed by atoms with Crippen LogP contribution >= 0.6 is 0 Å². The van der Waals surface area contributed by atoms with Gasteiger partial charge < -0.3 is 4.74 Å². The van der Waals surface area contributed by atoms with Crippen molar-refractivity contribution in [3.63, 3.8) is 0 Å². The lowest BCUT2D eigenvalue weighted by atomic mass is 9.68. The van der Waals surface area contributed by atoms with E-state index in [0.29, 0.717) is 24.4 Å². The lowest BCUT2D eigenvalue weighted by molar-refractivity contribution is -0.144. The van der Waals surface area contributed by atoms with Gasteiger partial charge in [0, 0.05) is 6.42 Å². The SMILES string of the molecule is CCCCCCC(=O)OCCC1CC=C(C)CC1(C)C. The molecule has 0 saturated heterocycles. The Hall–Kier alpha value is -0.790. The highest BCUT2D eigenvalue weighted by Crippen LogP contribution is 2.41. The number of hydrogen-bond donors (Lipinski definition) is 0. The smallest absolute Gasteiger partial charge is 0.305 e. The van der Waals surface area contributed by atoms with E-state index in [1.54, 1.807) is 0 Å². The zero-order valence-corrected chi connectivity index (χ0v) is 13.8. The molecule has 2 nitrogen and oxygen atoms in total. The Morgan fingerprint density at radius 2 is 2.10 bits per heavy atom. The van der Waals surface area contributed by atoms with E-state index in [0.717, 1.165) is 25.7 Å². The fraction of sp³-hybridized carbons (Fsp3) is 0.833. The normalized spacial score (nSPS) is 21.4. The molecule has 0 spiro atoms. The van der Waals surface area contributed by atoms with Crippen molar-refractivity contribution < 1.29 is 9.53 Å². The van der Waals surface area contributed by atoms with Crippen molar-refractivity contribution in [2.75, 3.05) is 6.61 Å². The average molecular weight is 280 g/mol. The van der Waals surface area contributed by atoms with E-state index in [4.69, 9.17) is 4.74 Å². The molecule has 0 radical (unpaired) electrons. The van der Waals surface area contributed by atoms with Crippen LogP contribution in [0.25, 0.3) is 0 Å². The highest BCUT2D eigenvalue weighted by atomic mass is 16.5. The zero-order valence-electron chi connectivity index (χ0n) is 13.8. The van der Waals surface area contributed by atoms with E-state index >= 15 is 0 Å². The highest BCUT2D eigenvalue weighted by Gasteiger charge is 2.31. The molecule has 0 N–H and O–H groups in total. The van der Waals surface area contributed by atoms with Crippen LogP contribution in [0.3, 0.4) is 0 Å². The van der Waals surface area contributed by atoms with Gasteiger partial charge in [-0.2, -0.15) is 0 Å². The zero-order chi connectivity index (χ0) is 15.0. The summed E-state index contributed by atoms with van der Waals surface area (Å²) < 4.78 is 5.39. The molecule has 1 aliphatic rings. The molecule has 0 bridgehead atoms. The van der Waals surface area contributed by atoms with E-state index in [9.17, 15) is 4.79 Å². The maximum absolute atomic E-state index is 11.6. The largest absolute Gasteiger partial charge is 0.466 e. The monoisotopic (exact) mass is 280 g/mol. The molecule has 0 aromatic heterocycles. The summed E-state index contributed by atoms with van der Waals surface area (Å²) in [5.74, 6) is 0.625. The summed E-state index contributed by atoms with van der Waals surface area (Å²) in [5, 5.41) is 0. The fourth-order valence-electron chi connectivity index (χ4n) is 3.19. The number of rotatable bonds is 8. The molecule has 20 heavy (non-hydrogen) atoms. The summed E-state index contributed by atoms with van der Waals surface area (Å²) in [7, 11) is 0. The average Bonchev–Trinajstić information content (AvgIpc) is 2.36. The Labute approximate surface area is 125 Å². The first kappa shape index (κ1) is 17.3. The van der Waals surface area contributed by atoms with Crippen molar-refractivity contribution in [1.29, 1.82) is 0 Å². The standard InChI is InChI=1S/C18H32O2/c1-5-6-7-8-9-17(19)20-13-12-16-11-10-15(2)14-18(16,3)4/h10,16H,5-9,11-14H2,1-4H3. The molecule has 0 aromatic carbocycles. The molecule has 0 saturated carbocycles. The molecular formula is C18H32O2. The summed E-state index contributed by atoms with van der Waals surface area (Å²) in [6, 6.07) is 0. The molecule has 1 aliphatic carbocycles. The second kappa shape index (κ2) is 8.49. The van der Waals surface area contributed by atoms with Gasteiger partial charge >= 0.3 is 5.97 Å². The fourth-order valence-corrected chi connectivity index (χ4v) is 3.19. The summed E-state index contributed by atoms with van der Waals surface area (Å²) in [4.78, 5) is 11.6. The van der Waals surface area contributed by atoms with Gasteiger partial charge in [0.2, 0.25) is 0 Å². The lowest BCUT2D eigenvalue weighted by Crippen LogP contribution is -2.28. The number of ether oxygens (including phenoxy) is 1. The molecule has 0 aromatic rings. The maximum atomic E-state index is 11.6. The Kier molecular flexibility index (Phi) is 7.32. The van der Waals surface area contributed by atoms with Crippen LogP contribution in [-0.2, 0) is 9.53 Å². The van der Waals surface area contributed by atoms with Gasteiger partial charge in [0.1, 0.15) is 0 Å². The van der Waals surface area contributed by atoms with Crippen LogP contribution in [0, 0.1) is 11.3 Å². The van der Waals surface area contributed by atoms with Crippen LogP contribution < -0.4 is 0 Å². The second-order valence-corrected chi connectivity index (χ2v) is 6.97. The van der Waals surface area contributed by atoms with Crippen LogP contribution in [0.4, 0.5) is 0 Å². The van der Waals surface area contributed by atoms with Gasteiger partial charge in [-0.25, -0.2) is 0 Å². The summed E-state index contributed by atoms with van der Waals surface area (Å²) in [5.41, 5.74) is 1.84. The topological polar surface area (TPSA) is 26.3 Å². The van der Waals surface area contributed by atoms with Crippen molar-refractivity contribution in [3.8, 4) is 0 Å². The summed E-state index contributed by atoms with van der Waals surface area (Å²) >= 11 is 0. The molecule has 2 heteroatoms. The van der Waals surface area contributed by atoms with E-state index in [2.05, 4.69) is 33.8 Å². The predicted octanol–water partition coefficient (Wildman–Crippen LogP) is 5.27. The number of allylic oxidation sites excluding steroid dienone is 2. The third-order valence-corrected chi connectivity index (χ3v) is 4.55. The van der Waals surface area contributed by atoms with Crippen LogP contribution in [0.2, 0.25) is 0 Å². The Morgan fingerprint density at radius 1 is 1.35 bits per heavy atom. The van der Waals surface area contributed by atoms with Gasteiger partial charge in [0.15, 0.2) is 0 Å². The molecule has 1 rings (SSSR count). The first-order valence-corrected chi connectivity index (χ1v) is 8.27. The van der Waals surface area contributed by atoms with Crippen molar-refractivity contribution in [2.45, 2.75) is 79.1 Å². The minimum absolute atomic E-state index is 0.0126. The first-order chi connectivity index (χ1) is 9.45. The number of carbonyl (C=O) groups excluding carboxylic acids is 1. The highest BCUT2D eigenvalue weighted by molar-refractivity contribution is 5.69. The van der Waals surface area contributed by atoms with Crippen molar-refractivity contribution in [3.05, 3.63) is 11.6 Å². The van der Waals surface area contributed by atoms with Crippen LogP contribution in [0.15, 0.2) is 11.6 Å². The molecule has 0 amide bonds. The van der Waals surface area contributed by atoms with Gasteiger partial charge in [-0.3, -0.25) is 4.79 Å². The van der Waals surface area contributed by atoms with Crippen molar-refractivity contribution in [2.24, 2.45) is 11.3 Å². The molecule has 1 atom stereocenters. The van der Waals surface area contributed by atoms with Crippen molar-refractivity contribution in [1.82, 2.24) is 0 Å². The number of hydrogen-bond acceptors (Lipinski definition) is 2. The number of unbranched alkanes of at least 4 members (excludes halogenated alkanes) is 3. The molecule has 0 aliphatic heterocycles. The van der Waals surface area contributed by atoms with Crippen LogP contribution in [0.1, 0.15) is 79.1 Å². The summed E-state index contributed by atoms with van der Waals surface area (Å²) in [6.45, 7) is 9.66. The number of carbonyl (C=O) groups is 1. The van der Waals surface area contributed by atoms with E-state index in [1.807, 2.05) is 0 Å². The quantitative estimate of drug-likeness (QED) is 0.344. The Balaban J connectivity index is 2.19. The van der Waals surface area contributed by atoms with Gasteiger partial charge in [-0.1, -0.05) is 51.7 Å². The minimum Gasteiger partial charge on any atom is -0.466 e. The second-order valence-electron chi connectivity index (χ2n) is 6.97. The lowest BCUT2D eigenvalue weighted by Gasteiger charge is -2.37. The predicted molar refractivity (Wildman–Crippen MR) is 84.6 cm³/mol. The third kappa shape index (κ3) is 6.11. The molecule has 116 valence electrons. The van der Waals surface area contributed by atoms with Crippen molar-refractivity contribution >= 4 is 5.97 Å².